The molecule has 0 aliphatic heterocycles. The van der Waals surface area contributed by atoms with Gasteiger partial charge in [0, 0.05) is 9.13 Å². The SMILES string of the molecule is N#C/C(=C/c1ccccc1OCc1ccc(I)cc1)c1cccc(F)c1. The van der Waals surface area contributed by atoms with Crippen LogP contribution in [0.3, 0.4) is 0 Å². The molecule has 0 aliphatic rings. The Morgan fingerprint density at radius 3 is 2.54 bits per heavy atom. The van der Waals surface area contributed by atoms with E-state index in [9.17, 15) is 9.65 Å². The minimum Gasteiger partial charge on any atom is -0.488 e. The van der Waals surface area contributed by atoms with Gasteiger partial charge in [0.15, 0.2) is 0 Å². The van der Waals surface area contributed by atoms with Crippen LogP contribution in [0, 0.1) is 20.7 Å². The van der Waals surface area contributed by atoms with Gasteiger partial charge in [0.2, 0.25) is 0 Å². The second kappa shape index (κ2) is 8.63. The van der Waals surface area contributed by atoms with Crippen LogP contribution >= 0.6 is 22.6 Å². The molecule has 3 rings (SSSR count). The summed E-state index contributed by atoms with van der Waals surface area (Å²) in [4.78, 5) is 0. The van der Waals surface area contributed by atoms with Gasteiger partial charge in [0.25, 0.3) is 0 Å². The molecule has 2 nitrogen and oxygen atoms in total. The maximum atomic E-state index is 13.5. The van der Waals surface area contributed by atoms with Crippen molar-refractivity contribution in [1.29, 1.82) is 5.26 Å². The summed E-state index contributed by atoms with van der Waals surface area (Å²) < 4.78 is 20.6. The van der Waals surface area contributed by atoms with E-state index in [0.717, 1.165) is 11.1 Å². The third-order valence-corrected chi connectivity index (χ3v) is 4.50. The van der Waals surface area contributed by atoms with Crippen LogP contribution in [-0.4, -0.2) is 0 Å². The average Bonchev–Trinajstić information content (AvgIpc) is 2.66. The van der Waals surface area contributed by atoms with Gasteiger partial charge in [-0.05, 0) is 70.1 Å². The first-order chi connectivity index (χ1) is 12.7. The number of allylic oxidation sites excluding steroid dienone is 1. The Hall–Kier alpha value is -2.65. The lowest BCUT2D eigenvalue weighted by Crippen LogP contribution is -1.97. The Morgan fingerprint density at radius 2 is 1.81 bits per heavy atom. The molecule has 0 amide bonds. The molecule has 4 heteroatoms. The Labute approximate surface area is 165 Å². The average molecular weight is 455 g/mol. The first-order valence-corrected chi connectivity index (χ1v) is 9.07. The zero-order valence-corrected chi connectivity index (χ0v) is 16.0. The third kappa shape index (κ3) is 4.70. The van der Waals surface area contributed by atoms with E-state index in [2.05, 4.69) is 28.7 Å². The van der Waals surface area contributed by atoms with Crippen molar-refractivity contribution in [3.8, 4) is 11.8 Å². The van der Waals surface area contributed by atoms with Crippen LogP contribution in [0.25, 0.3) is 11.6 Å². The molecule has 0 aromatic heterocycles. The molecule has 0 spiro atoms. The van der Waals surface area contributed by atoms with E-state index in [1.54, 1.807) is 18.2 Å². The van der Waals surface area contributed by atoms with Crippen molar-refractivity contribution in [2.75, 3.05) is 0 Å². The van der Waals surface area contributed by atoms with Crippen molar-refractivity contribution in [3.05, 3.63) is 98.9 Å². The predicted molar refractivity (Wildman–Crippen MR) is 110 cm³/mol. The summed E-state index contributed by atoms with van der Waals surface area (Å²) in [7, 11) is 0. The number of para-hydroxylation sites is 1. The monoisotopic (exact) mass is 455 g/mol. The Balaban J connectivity index is 1.86. The van der Waals surface area contributed by atoms with Gasteiger partial charge in [-0.2, -0.15) is 5.26 Å². The van der Waals surface area contributed by atoms with Gasteiger partial charge in [-0.25, -0.2) is 4.39 Å². The largest absolute Gasteiger partial charge is 0.488 e. The van der Waals surface area contributed by atoms with Crippen LogP contribution in [0.15, 0.2) is 72.8 Å². The van der Waals surface area contributed by atoms with Crippen LogP contribution < -0.4 is 4.74 Å². The number of nitrogens with zero attached hydrogens (tertiary/aromatic N) is 1. The van der Waals surface area contributed by atoms with Gasteiger partial charge >= 0.3 is 0 Å². The summed E-state index contributed by atoms with van der Waals surface area (Å²) in [5.74, 6) is 0.307. The summed E-state index contributed by atoms with van der Waals surface area (Å²) in [6, 6.07) is 23.8. The summed E-state index contributed by atoms with van der Waals surface area (Å²) >= 11 is 2.26. The number of nitriles is 1. The molecule has 0 saturated heterocycles. The first-order valence-electron chi connectivity index (χ1n) is 8.00. The van der Waals surface area contributed by atoms with Crippen molar-refractivity contribution in [3.63, 3.8) is 0 Å². The molecule has 26 heavy (non-hydrogen) atoms. The minimum absolute atomic E-state index is 0.369. The molecule has 0 aliphatic carbocycles. The van der Waals surface area contributed by atoms with Gasteiger partial charge < -0.3 is 4.74 Å². The topological polar surface area (TPSA) is 33.0 Å². The molecule has 0 atom stereocenters. The van der Waals surface area contributed by atoms with Crippen LogP contribution in [0.5, 0.6) is 5.75 Å². The molecule has 0 saturated carbocycles. The third-order valence-electron chi connectivity index (χ3n) is 3.78. The number of hydrogen-bond donors (Lipinski definition) is 0. The lowest BCUT2D eigenvalue weighted by Gasteiger charge is -2.10. The van der Waals surface area contributed by atoms with E-state index in [1.165, 1.54) is 15.7 Å². The maximum Gasteiger partial charge on any atom is 0.127 e. The highest BCUT2D eigenvalue weighted by molar-refractivity contribution is 14.1. The van der Waals surface area contributed by atoms with Gasteiger partial charge in [-0.15, -0.1) is 0 Å². The zero-order valence-electron chi connectivity index (χ0n) is 13.8. The fourth-order valence-electron chi connectivity index (χ4n) is 2.46. The number of rotatable bonds is 5. The molecule has 0 heterocycles. The minimum atomic E-state index is -0.369. The number of benzene rings is 3. The molecule has 0 N–H and O–H groups in total. The summed E-state index contributed by atoms with van der Waals surface area (Å²) in [5, 5.41) is 9.47. The molecule has 0 unspecified atom stereocenters. The summed E-state index contributed by atoms with van der Waals surface area (Å²) in [5.41, 5.74) is 2.77. The number of ether oxygens (including phenoxy) is 1. The van der Waals surface area contributed by atoms with Crippen molar-refractivity contribution >= 4 is 34.2 Å². The number of halogens is 2. The molecular formula is C22H15FINO. The second-order valence-electron chi connectivity index (χ2n) is 5.63. The lowest BCUT2D eigenvalue weighted by molar-refractivity contribution is 0.305. The van der Waals surface area contributed by atoms with Gasteiger partial charge in [-0.1, -0.05) is 42.5 Å². The Morgan fingerprint density at radius 1 is 1.04 bits per heavy atom. The van der Waals surface area contributed by atoms with Crippen molar-refractivity contribution in [1.82, 2.24) is 0 Å². The summed E-state index contributed by atoms with van der Waals surface area (Å²) in [6.45, 7) is 0.434. The normalized spacial score (nSPS) is 11.0. The predicted octanol–water partition coefficient (Wildman–Crippen LogP) is 6.07. The van der Waals surface area contributed by atoms with E-state index < -0.39 is 0 Å². The molecule has 128 valence electrons. The quantitative estimate of drug-likeness (QED) is 0.266. The van der Waals surface area contributed by atoms with E-state index in [4.69, 9.17) is 4.74 Å². The first kappa shape index (κ1) is 18.2. The highest BCUT2D eigenvalue weighted by Gasteiger charge is 2.06. The van der Waals surface area contributed by atoms with E-state index in [0.29, 0.717) is 23.5 Å². The maximum absolute atomic E-state index is 13.5. The van der Waals surface area contributed by atoms with E-state index >= 15 is 0 Å². The van der Waals surface area contributed by atoms with Crippen LogP contribution in [-0.2, 0) is 6.61 Å². The highest BCUT2D eigenvalue weighted by Crippen LogP contribution is 2.25. The summed E-state index contributed by atoms with van der Waals surface area (Å²) in [6.07, 6.45) is 1.72. The Kier molecular flexibility index (Phi) is 6.03. The van der Waals surface area contributed by atoms with E-state index in [-0.39, 0.29) is 5.82 Å². The molecule has 3 aromatic carbocycles. The fourth-order valence-corrected chi connectivity index (χ4v) is 2.82. The zero-order chi connectivity index (χ0) is 18.4. The molecule has 0 fully saturated rings. The van der Waals surface area contributed by atoms with Crippen LogP contribution in [0.2, 0.25) is 0 Å². The Bertz CT molecular complexity index is 974. The van der Waals surface area contributed by atoms with Crippen molar-refractivity contribution in [2.45, 2.75) is 6.61 Å². The lowest BCUT2D eigenvalue weighted by atomic mass is 10.0. The van der Waals surface area contributed by atoms with Crippen LogP contribution in [0.4, 0.5) is 4.39 Å². The van der Waals surface area contributed by atoms with Crippen LogP contribution in [0.1, 0.15) is 16.7 Å². The standard InChI is InChI=1S/C22H15FINO/c23-20-6-3-5-17(13-20)19(14-25)12-18-4-1-2-7-22(18)26-15-16-8-10-21(24)11-9-16/h1-13H,15H2/b19-12-. The van der Waals surface area contributed by atoms with Crippen molar-refractivity contribution < 1.29 is 9.13 Å². The van der Waals surface area contributed by atoms with Crippen molar-refractivity contribution in [2.24, 2.45) is 0 Å². The van der Waals surface area contributed by atoms with Gasteiger partial charge in [-0.3, -0.25) is 0 Å². The number of hydrogen-bond acceptors (Lipinski definition) is 2. The van der Waals surface area contributed by atoms with Gasteiger partial charge in [0.1, 0.15) is 18.2 Å². The fraction of sp³-hybridized carbons (Fsp3) is 0.0455. The molecule has 0 bridgehead atoms. The smallest absolute Gasteiger partial charge is 0.127 e. The molecular weight excluding hydrogens is 440 g/mol. The highest BCUT2D eigenvalue weighted by atomic mass is 127. The van der Waals surface area contributed by atoms with E-state index in [1.807, 2.05) is 48.5 Å². The molecule has 0 radical (unpaired) electrons. The van der Waals surface area contributed by atoms with Gasteiger partial charge in [0.05, 0.1) is 11.6 Å². The molecule has 3 aromatic rings. The second-order valence-corrected chi connectivity index (χ2v) is 6.88.